The van der Waals surface area contributed by atoms with Gasteiger partial charge in [-0.1, -0.05) is 35.6 Å². The fourth-order valence-electron chi connectivity index (χ4n) is 3.33. The smallest absolute Gasteiger partial charge is 0.268 e. The van der Waals surface area contributed by atoms with Crippen LogP contribution in [0.4, 0.5) is 0 Å². The molecule has 0 radical (unpaired) electrons. The molecular formula is C20H17N3O3S. The van der Waals surface area contributed by atoms with Crippen LogP contribution in [-0.4, -0.2) is 33.7 Å². The molecule has 2 heterocycles. The minimum Gasteiger partial charge on any atom is -0.319 e. The molecular weight excluding hydrogens is 362 g/mol. The van der Waals surface area contributed by atoms with Crippen molar-refractivity contribution in [2.75, 3.05) is 6.54 Å². The lowest BCUT2D eigenvalue weighted by molar-refractivity contribution is -0.118. The van der Waals surface area contributed by atoms with Crippen molar-refractivity contribution in [2.24, 2.45) is 12.0 Å². The molecule has 0 spiro atoms. The van der Waals surface area contributed by atoms with Gasteiger partial charge in [-0.2, -0.15) is 4.99 Å². The zero-order valence-electron chi connectivity index (χ0n) is 15.1. The molecule has 0 saturated carbocycles. The molecule has 0 saturated heterocycles. The van der Waals surface area contributed by atoms with Crippen molar-refractivity contribution in [1.29, 1.82) is 0 Å². The van der Waals surface area contributed by atoms with Crippen LogP contribution < -0.4 is 4.80 Å². The van der Waals surface area contributed by atoms with E-state index in [1.807, 2.05) is 37.6 Å². The fourth-order valence-corrected chi connectivity index (χ4v) is 4.51. The zero-order valence-corrected chi connectivity index (χ0v) is 16.0. The van der Waals surface area contributed by atoms with Crippen LogP contribution in [0, 0.1) is 13.8 Å². The van der Waals surface area contributed by atoms with E-state index in [1.165, 1.54) is 11.3 Å². The second-order valence-corrected chi connectivity index (χ2v) is 7.55. The number of carbonyl (C=O) groups excluding carboxylic acids is 3. The van der Waals surface area contributed by atoms with E-state index in [2.05, 4.69) is 4.99 Å². The van der Waals surface area contributed by atoms with Gasteiger partial charge in [-0.05, 0) is 37.1 Å². The lowest BCUT2D eigenvalue weighted by Crippen LogP contribution is -2.35. The standard InChI is InChI=1S/C20H17N3O3S/c1-11-8-9-12(2)17-16(11)22(3)20(27-17)21-15(24)10-23-18(25)13-6-4-5-7-14(13)19(23)26/h4-9H,10H2,1-3H3. The van der Waals surface area contributed by atoms with E-state index < -0.39 is 17.7 Å². The molecule has 0 bridgehead atoms. The first kappa shape index (κ1) is 17.4. The van der Waals surface area contributed by atoms with Crippen molar-refractivity contribution in [3.63, 3.8) is 0 Å². The Balaban J connectivity index is 1.68. The van der Waals surface area contributed by atoms with E-state index in [0.717, 1.165) is 26.2 Å². The predicted molar refractivity (Wildman–Crippen MR) is 103 cm³/mol. The number of benzene rings is 2. The van der Waals surface area contributed by atoms with E-state index in [9.17, 15) is 14.4 Å². The van der Waals surface area contributed by atoms with E-state index >= 15 is 0 Å². The molecule has 1 aromatic heterocycles. The number of fused-ring (bicyclic) bond motifs is 2. The van der Waals surface area contributed by atoms with Gasteiger partial charge in [0.2, 0.25) is 0 Å². The highest BCUT2D eigenvalue weighted by Gasteiger charge is 2.36. The van der Waals surface area contributed by atoms with Gasteiger partial charge in [0, 0.05) is 7.05 Å². The van der Waals surface area contributed by atoms with Crippen LogP contribution in [-0.2, 0) is 11.8 Å². The van der Waals surface area contributed by atoms with Crippen LogP contribution >= 0.6 is 11.3 Å². The number of rotatable bonds is 2. The molecule has 0 aliphatic carbocycles. The molecule has 0 unspecified atom stereocenters. The first-order chi connectivity index (χ1) is 12.9. The number of imide groups is 1. The largest absolute Gasteiger partial charge is 0.319 e. The van der Waals surface area contributed by atoms with Gasteiger partial charge in [0.05, 0.1) is 21.3 Å². The number of aromatic nitrogens is 1. The van der Waals surface area contributed by atoms with E-state index in [-0.39, 0.29) is 6.54 Å². The Morgan fingerprint density at radius 1 is 1.00 bits per heavy atom. The molecule has 1 aliphatic rings. The van der Waals surface area contributed by atoms with Gasteiger partial charge < -0.3 is 4.57 Å². The van der Waals surface area contributed by atoms with Crippen LogP contribution in [0.1, 0.15) is 31.8 Å². The third-order valence-corrected chi connectivity index (χ3v) is 6.00. The molecule has 0 fully saturated rings. The molecule has 4 rings (SSSR count). The van der Waals surface area contributed by atoms with Crippen molar-refractivity contribution < 1.29 is 14.4 Å². The topological polar surface area (TPSA) is 71.7 Å². The third-order valence-electron chi connectivity index (χ3n) is 4.74. The Hall–Kier alpha value is -3.06. The molecule has 27 heavy (non-hydrogen) atoms. The fraction of sp³-hybridized carbons (Fsp3) is 0.200. The molecule has 2 aromatic carbocycles. The van der Waals surface area contributed by atoms with Crippen molar-refractivity contribution in [2.45, 2.75) is 13.8 Å². The Morgan fingerprint density at radius 2 is 1.59 bits per heavy atom. The van der Waals surface area contributed by atoms with Crippen LogP contribution in [0.25, 0.3) is 10.2 Å². The summed E-state index contributed by atoms with van der Waals surface area (Å²) in [6.07, 6.45) is 0. The molecule has 6 nitrogen and oxygen atoms in total. The van der Waals surface area contributed by atoms with Gasteiger partial charge in [-0.25, -0.2) is 0 Å². The van der Waals surface area contributed by atoms with Crippen molar-refractivity contribution in [1.82, 2.24) is 9.47 Å². The summed E-state index contributed by atoms with van der Waals surface area (Å²) in [5.74, 6) is -1.43. The second-order valence-electron chi connectivity index (χ2n) is 6.57. The SMILES string of the molecule is Cc1ccc(C)c2c1sc(=NC(=O)CN1C(=O)c3ccccc3C1=O)n2C. The average molecular weight is 379 g/mol. The minimum atomic E-state index is -0.526. The Labute approximate surface area is 159 Å². The molecule has 1 aliphatic heterocycles. The van der Waals surface area contributed by atoms with Gasteiger partial charge >= 0.3 is 0 Å². The lowest BCUT2D eigenvalue weighted by Gasteiger charge is -2.10. The van der Waals surface area contributed by atoms with Crippen molar-refractivity contribution in [3.05, 3.63) is 63.5 Å². The Morgan fingerprint density at radius 3 is 2.19 bits per heavy atom. The maximum Gasteiger partial charge on any atom is 0.268 e. The Bertz CT molecular complexity index is 1170. The summed E-state index contributed by atoms with van der Waals surface area (Å²) < 4.78 is 2.95. The zero-order chi connectivity index (χ0) is 19.3. The highest BCUT2D eigenvalue weighted by Crippen LogP contribution is 2.24. The molecule has 0 atom stereocenters. The molecule has 136 valence electrons. The van der Waals surface area contributed by atoms with Crippen LogP contribution in [0.2, 0.25) is 0 Å². The van der Waals surface area contributed by atoms with Gasteiger partial charge in [0.25, 0.3) is 17.7 Å². The van der Waals surface area contributed by atoms with Crippen LogP contribution in [0.3, 0.4) is 0 Å². The summed E-state index contributed by atoms with van der Waals surface area (Å²) in [5, 5.41) is 0. The summed E-state index contributed by atoms with van der Waals surface area (Å²) in [7, 11) is 1.86. The number of amides is 3. The number of hydrogen-bond donors (Lipinski definition) is 0. The highest BCUT2D eigenvalue weighted by molar-refractivity contribution is 7.16. The third kappa shape index (κ3) is 2.71. The van der Waals surface area contributed by atoms with Crippen molar-refractivity contribution in [3.8, 4) is 0 Å². The van der Waals surface area contributed by atoms with Gasteiger partial charge in [-0.3, -0.25) is 19.3 Å². The maximum atomic E-state index is 12.5. The van der Waals surface area contributed by atoms with Gasteiger partial charge in [0.1, 0.15) is 6.54 Å². The molecule has 7 heteroatoms. The first-order valence-electron chi connectivity index (χ1n) is 8.47. The average Bonchev–Trinajstić information content (AvgIpc) is 3.10. The quantitative estimate of drug-likeness (QED) is 0.643. The summed E-state index contributed by atoms with van der Waals surface area (Å²) in [4.78, 5) is 43.0. The van der Waals surface area contributed by atoms with E-state index in [0.29, 0.717) is 15.9 Å². The number of thiazole rings is 1. The summed E-state index contributed by atoms with van der Waals surface area (Å²) in [6, 6.07) is 10.7. The van der Waals surface area contributed by atoms with Gasteiger partial charge in [0.15, 0.2) is 4.80 Å². The Kier molecular flexibility index (Phi) is 4.04. The number of nitrogens with zero attached hydrogens (tertiary/aromatic N) is 3. The molecule has 3 amide bonds. The summed E-state index contributed by atoms with van der Waals surface area (Å²) in [5.41, 5.74) is 3.91. The number of carbonyl (C=O) groups is 3. The number of hydrogen-bond acceptors (Lipinski definition) is 4. The van der Waals surface area contributed by atoms with Crippen LogP contribution in [0.15, 0.2) is 41.4 Å². The highest BCUT2D eigenvalue weighted by atomic mass is 32.1. The van der Waals surface area contributed by atoms with E-state index in [1.54, 1.807) is 24.3 Å². The second kappa shape index (κ2) is 6.28. The summed E-state index contributed by atoms with van der Waals surface area (Å²) in [6.45, 7) is 3.67. The minimum absolute atomic E-state index is 0.328. The molecule has 3 aromatic rings. The normalized spacial score (nSPS) is 14.3. The summed E-state index contributed by atoms with van der Waals surface area (Å²) >= 11 is 1.43. The van der Waals surface area contributed by atoms with Crippen molar-refractivity contribution >= 4 is 39.3 Å². The van der Waals surface area contributed by atoms with Gasteiger partial charge in [-0.15, -0.1) is 0 Å². The maximum absolute atomic E-state index is 12.5. The lowest BCUT2D eigenvalue weighted by atomic mass is 10.1. The monoisotopic (exact) mass is 379 g/mol. The number of aryl methyl sites for hydroxylation is 3. The predicted octanol–water partition coefficient (Wildman–Crippen LogP) is 2.58. The van der Waals surface area contributed by atoms with E-state index in [4.69, 9.17) is 0 Å². The first-order valence-corrected chi connectivity index (χ1v) is 9.28. The molecule has 0 N–H and O–H groups in total. The van der Waals surface area contributed by atoms with Crippen LogP contribution in [0.5, 0.6) is 0 Å².